The minimum absolute atomic E-state index is 0.0871. The van der Waals surface area contributed by atoms with Gasteiger partial charge in [0.1, 0.15) is 30.0 Å². The summed E-state index contributed by atoms with van der Waals surface area (Å²) in [6.07, 6.45) is -3.78. The molecule has 14 atom stereocenters. The quantitative estimate of drug-likeness (QED) is 0.223. The van der Waals surface area contributed by atoms with Crippen LogP contribution in [0.1, 0.15) is 58.8 Å². The molecule has 10 nitrogen and oxygen atoms in total. The van der Waals surface area contributed by atoms with Gasteiger partial charge in [0.25, 0.3) is 0 Å². The van der Waals surface area contributed by atoms with E-state index >= 15 is 0 Å². The van der Waals surface area contributed by atoms with Crippen molar-refractivity contribution in [2.24, 2.45) is 34.0 Å². The summed E-state index contributed by atoms with van der Waals surface area (Å²) in [5.74, 6) is 0.0130. The molecule has 8 N–H and O–H groups in total. The highest BCUT2D eigenvalue weighted by Crippen LogP contribution is 2.72. The molecule has 0 radical (unpaired) electrons. The van der Waals surface area contributed by atoms with Crippen molar-refractivity contribution in [3.63, 3.8) is 0 Å². The summed E-state index contributed by atoms with van der Waals surface area (Å²) in [5, 5.41) is 84.6. The molecule has 4 saturated carbocycles. The van der Waals surface area contributed by atoms with Gasteiger partial charge in [-0.05, 0) is 68.1 Å². The molecule has 5 aliphatic rings. The Kier molecular flexibility index (Phi) is 6.85. The van der Waals surface area contributed by atoms with E-state index in [1.165, 1.54) is 0 Å². The molecule has 1 heterocycles. The number of aliphatic hydroxyl groups excluding tert-OH is 7. The second-order valence-corrected chi connectivity index (χ2v) is 13.0. The molecule has 4 aliphatic carbocycles. The van der Waals surface area contributed by atoms with Crippen molar-refractivity contribution in [1.82, 2.24) is 0 Å². The normalized spacial score (nSPS) is 58.8. The largest absolute Gasteiger partial charge is 0.396 e. The Morgan fingerprint density at radius 2 is 1.58 bits per heavy atom. The topological polar surface area (TPSA) is 180 Å². The van der Waals surface area contributed by atoms with Crippen molar-refractivity contribution in [2.75, 3.05) is 19.8 Å². The first-order valence-corrected chi connectivity index (χ1v) is 13.5. The summed E-state index contributed by atoms with van der Waals surface area (Å²) in [4.78, 5) is 0. The van der Waals surface area contributed by atoms with E-state index in [2.05, 4.69) is 6.92 Å². The lowest BCUT2D eigenvalue weighted by molar-refractivity contribution is -0.313. The zero-order chi connectivity index (χ0) is 26.3. The summed E-state index contributed by atoms with van der Waals surface area (Å²) in [6.45, 7) is 3.22. The van der Waals surface area contributed by atoms with Crippen molar-refractivity contribution < 1.29 is 50.3 Å². The van der Waals surface area contributed by atoms with Gasteiger partial charge in [-0.3, -0.25) is 0 Å². The first-order valence-electron chi connectivity index (χ1n) is 13.5. The van der Waals surface area contributed by atoms with Gasteiger partial charge in [0.2, 0.25) is 0 Å². The molecule has 5 fully saturated rings. The molecule has 0 aromatic rings. The maximum Gasteiger partial charge on any atom is 0.186 e. The maximum atomic E-state index is 11.8. The molecule has 208 valence electrons. The number of aliphatic hydroxyl groups is 8. The second-order valence-electron chi connectivity index (χ2n) is 13.0. The minimum Gasteiger partial charge on any atom is -0.396 e. The van der Waals surface area contributed by atoms with Gasteiger partial charge in [0, 0.05) is 10.8 Å². The average Bonchev–Trinajstić information content (AvgIpc) is 3.02. The molecule has 36 heavy (non-hydrogen) atoms. The fourth-order valence-corrected chi connectivity index (χ4v) is 9.47. The highest BCUT2D eigenvalue weighted by Gasteiger charge is 2.72. The van der Waals surface area contributed by atoms with Crippen LogP contribution < -0.4 is 0 Å². The van der Waals surface area contributed by atoms with Crippen LogP contribution in [0.2, 0.25) is 0 Å². The van der Waals surface area contributed by atoms with Crippen molar-refractivity contribution in [3.8, 4) is 0 Å². The molecule has 0 amide bonds. The predicted octanol–water partition coefficient (Wildman–Crippen LogP) is -1.12. The zero-order valence-corrected chi connectivity index (χ0v) is 21.2. The van der Waals surface area contributed by atoms with Crippen LogP contribution in [0.5, 0.6) is 0 Å². The number of ether oxygens (including phenoxy) is 2. The Labute approximate surface area is 211 Å². The fourth-order valence-electron chi connectivity index (χ4n) is 9.47. The summed E-state index contributed by atoms with van der Waals surface area (Å²) in [7, 11) is 0. The van der Waals surface area contributed by atoms with E-state index in [1.54, 1.807) is 0 Å². The van der Waals surface area contributed by atoms with Crippen LogP contribution >= 0.6 is 0 Å². The average molecular weight is 517 g/mol. The molecule has 5 rings (SSSR count). The van der Waals surface area contributed by atoms with Crippen LogP contribution in [-0.2, 0) is 9.47 Å². The lowest BCUT2D eigenvalue weighted by Crippen LogP contribution is -2.63. The molecule has 2 bridgehead atoms. The summed E-state index contributed by atoms with van der Waals surface area (Å²) >= 11 is 0. The predicted molar refractivity (Wildman–Crippen MR) is 125 cm³/mol. The Balaban J connectivity index is 1.37. The smallest absolute Gasteiger partial charge is 0.186 e. The summed E-state index contributed by atoms with van der Waals surface area (Å²) in [5.41, 5.74) is -2.88. The molecule has 10 heteroatoms. The van der Waals surface area contributed by atoms with Crippen LogP contribution in [0.3, 0.4) is 0 Å². The third-order valence-electron chi connectivity index (χ3n) is 11.5. The van der Waals surface area contributed by atoms with E-state index in [-0.39, 0.29) is 36.4 Å². The van der Waals surface area contributed by atoms with E-state index < -0.39 is 66.0 Å². The van der Waals surface area contributed by atoms with Crippen LogP contribution in [0.4, 0.5) is 0 Å². The van der Waals surface area contributed by atoms with Crippen molar-refractivity contribution >= 4 is 0 Å². The van der Waals surface area contributed by atoms with Crippen molar-refractivity contribution in [1.29, 1.82) is 0 Å². The maximum absolute atomic E-state index is 11.8. The molecular weight excluding hydrogens is 472 g/mol. The molecule has 0 unspecified atom stereocenters. The molecule has 0 aromatic heterocycles. The van der Waals surface area contributed by atoms with E-state index in [0.717, 1.165) is 19.3 Å². The number of hydrogen-bond acceptors (Lipinski definition) is 10. The third kappa shape index (κ3) is 3.53. The van der Waals surface area contributed by atoms with Crippen LogP contribution in [0.25, 0.3) is 0 Å². The molecule has 1 spiro atoms. The third-order valence-corrected chi connectivity index (χ3v) is 11.5. The van der Waals surface area contributed by atoms with Gasteiger partial charge in [-0.1, -0.05) is 13.8 Å². The first kappa shape index (κ1) is 27.2. The number of rotatable bonds is 5. The molecule has 0 aromatic carbocycles. The van der Waals surface area contributed by atoms with Crippen LogP contribution in [0.15, 0.2) is 0 Å². The summed E-state index contributed by atoms with van der Waals surface area (Å²) in [6, 6.07) is 0. The summed E-state index contributed by atoms with van der Waals surface area (Å²) < 4.78 is 11.2. The lowest BCUT2D eigenvalue weighted by atomic mass is 9.40. The van der Waals surface area contributed by atoms with Gasteiger partial charge in [0.15, 0.2) is 6.29 Å². The van der Waals surface area contributed by atoms with Crippen molar-refractivity contribution in [3.05, 3.63) is 0 Å². The highest BCUT2D eigenvalue weighted by atomic mass is 16.7. The molecular formula is C26H44O10. The zero-order valence-electron chi connectivity index (χ0n) is 21.2. The van der Waals surface area contributed by atoms with E-state index in [4.69, 9.17) is 9.47 Å². The van der Waals surface area contributed by atoms with E-state index in [0.29, 0.717) is 25.7 Å². The van der Waals surface area contributed by atoms with E-state index in [9.17, 15) is 40.9 Å². The SMILES string of the molecule is C[C@]1(CO)[C@H]2CC[C@@]34C[C@@H](CC[C@H]3[C@]2(C)CC[C@H]1O)[C@@](O)(CO[C@@H]1O[C@H](CO)[C@@H](O)[C@H](O)[C@H]1O)[C@@H]4O. The first-order chi connectivity index (χ1) is 16.9. The standard InChI is InChI=1S/C26H44O10/c1-23-7-6-17(29)24(2,11-28)15(23)5-8-25-9-13(3-4-16(23)25)26(34,22(25)33)12-35-21-20(32)19(31)18(30)14(10-27)36-21/h13-22,27-34H,3-12H2,1-2H3/t13-,14-,15+,16+,17-,18-,19+,20-,21-,22-,23-,24+,25-,26+/m1/s1. The fraction of sp³-hybridized carbons (Fsp3) is 1.00. The Morgan fingerprint density at radius 3 is 2.25 bits per heavy atom. The second kappa shape index (κ2) is 9.08. The Morgan fingerprint density at radius 1 is 0.861 bits per heavy atom. The van der Waals surface area contributed by atoms with Crippen LogP contribution in [-0.4, -0.2) is 109 Å². The van der Waals surface area contributed by atoms with Gasteiger partial charge in [-0.25, -0.2) is 0 Å². The lowest BCUT2D eigenvalue weighted by Gasteiger charge is -2.65. The van der Waals surface area contributed by atoms with Gasteiger partial charge in [-0.15, -0.1) is 0 Å². The number of fused-ring (bicyclic) bond motifs is 3. The minimum atomic E-state index is -1.58. The molecule has 1 saturated heterocycles. The van der Waals surface area contributed by atoms with Crippen LogP contribution in [0, 0.1) is 34.0 Å². The van der Waals surface area contributed by atoms with Gasteiger partial charge in [0.05, 0.1) is 32.0 Å². The monoisotopic (exact) mass is 516 g/mol. The Hall–Kier alpha value is -0.400. The number of hydrogen-bond donors (Lipinski definition) is 8. The van der Waals surface area contributed by atoms with E-state index in [1.807, 2.05) is 6.92 Å². The highest BCUT2D eigenvalue weighted by molar-refractivity contribution is 5.21. The van der Waals surface area contributed by atoms with Gasteiger partial charge >= 0.3 is 0 Å². The van der Waals surface area contributed by atoms with Crippen molar-refractivity contribution in [2.45, 2.75) is 107 Å². The van der Waals surface area contributed by atoms with Gasteiger partial charge < -0.3 is 50.3 Å². The van der Waals surface area contributed by atoms with Gasteiger partial charge in [-0.2, -0.15) is 0 Å². The molecule has 1 aliphatic heterocycles. The Bertz CT molecular complexity index is 827.